The van der Waals surface area contributed by atoms with E-state index in [0.29, 0.717) is 43.3 Å². The van der Waals surface area contributed by atoms with Gasteiger partial charge in [-0.2, -0.15) is 0 Å². The highest BCUT2D eigenvalue weighted by Gasteiger charge is 2.22. The molecule has 1 aromatic heterocycles. The smallest absolute Gasteiger partial charge is 0.254 e. The zero-order valence-electron chi connectivity index (χ0n) is 18.9. The molecule has 0 saturated carbocycles. The number of hydrogen-bond donors (Lipinski definition) is 1. The molecule has 0 radical (unpaired) electrons. The van der Waals surface area contributed by atoms with Gasteiger partial charge < -0.3 is 19.5 Å². The van der Waals surface area contributed by atoms with E-state index in [4.69, 9.17) is 16.3 Å². The number of rotatable bonds is 4. The first kappa shape index (κ1) is 22.4. The Morgan fingerprint density at radius 1 is 1.12 bits per heavy atom. The Bertz CT molecular complexity index is 1210. The predicted octanol–water partition coefficient (Wildman–Crippen LogP) is 4.47. The van der Waals surface area contributed by atoms with Crippen LogP contribution in [0.4, 0.5) is 5.69 Å². The van der Waals surface area contributed by atoms with Crippen molar-refractivity contribution in [1.82, 2.24) is 9.47 Å². The molecule has 6 nitrogen and oxygen atoms in total. The average molecular weight is 454 g/mol. The van der Waals surface area contributed by atoms with E-state index in [0.717, 1.165) is 39.0 Å². The van der Waals surface area contributed by atoms with Crippen LogP contribution in [-0.4, -0.2) is 47.6 Å². The largest absolute Gasteiger partial charge is 0.378 e. The number of amides is 2. The molecule has 3 aromatic rings. The van der Waals surface area contributed by atoms with Gasteiger partial charge in [-0.05, 0) is 60.9 Å². The molecule has 7 heteroatoms. The van der Waals surface area contributed by atoms with Crippen LogP contribution in [0.15, 0.2) is 30.3 Å². The van der Waals surface area contributed by atoms with Crippen molar-refractivity contribution in [3.8, 4) is 0 Å². The molecule has 0 unspecified atom stereocenters. The third-order valence-corrected chi connectivity index (χ3v) is 6.57. The van der Waals surface area contributed by atoms with Gasteiger partial charge in [0.25, 0.3) is 5.91 Å². The maximum absolute atomic E-state index is 13.1. The Morgan fingerprint density at radius 2 is 1.84 bits per heavy atom. The van der Waals surface area contributed by atoms with Crippen LogP contribution in [0.5, 0.6) is 0 Å². The lowest BCUT2D eigenvalue weighted by Crippen LogP contribution is -2.41. The summed E-state index contributed by atoms with van der Waals surface area (Å²) in [5.74, 6) is -0.0705. The fourth-order valence-corrected chi connectivity index (χ4v) is 4.67. The molecule has 1 fully saturated rings. The van der Waals surface area contributed by atoms with Crippen LogP contribution in [0.2, 0.25) is 5.02 Å². The van der Waals surface area contributed by atoms with Crippen LogP contribution in [0.3, 0.4) is 0 Å². The van der Waals surface area contributed by atoms with Gasteiger partial charge in [0, 0.05) is 60.8 Å². The quantitative estimate of drug-likeness (QED) is 0.633. The highest BCUT2D eigenvalue weighted by molar-refractivity contribution is 6.31. The second-order valence-corrected chi connectivity index (χ2v) is 8.79. The fraction of sp³-hybridized carbons (Fsp3) is 0.360. The first-order valence-corrected chi connectivity index (χ1v) is 11.2. The normalized spacial score (nSPS) is 14.1. The van der Waals surface area contributed by atoms with Gasteiger partial charge in [-0.15, -0.1) is 0 Å². The monoisotopic (exact) mass is 453 g/mol. The van der Waals surface area contributed by atoms with Crippen LogP contribution in [0.1, 0.15) is 39.7 Å². The van der Waals surface area contributed by atoms with Gasteiger partial charge in [-0.25, -0.2) is 0 Å². The Kier molecular flexibility index (Phi) is 6.26. The number of benzene rings is 2. The molecular formula is C25H28ClN3O3. The first-order chi connectivity index (χ1) is 15.3. The molecule has 2 amide bonds. The lowest BCUT2D eigenvalue weighted by atomic mass is 9.97. The average Bonchev–Trinajstić information content (AvgIpc) is 3.07. The van der Waals surface area contributed by atoms with Crippen molar-refractivity contribution in [1.29, 1.82) is 0 Å². The summed E-state index contributed by atoms with van der Waals surface area (Å²) in [4.78, 5) is 26.4. The van der Waals surface area contributed by atoms with Crippen LogP contribution < -0.4 is 5.32 Å². The zero-order chi connectivity index (χ0) is 23.0. The molecule has 168 valence electrons. The number of nitrogens with zero attached hydrogens (tertiary/aromatic N) is 2. The SMILES string of the molecule is CC(=O)Nc1cc(C)c2cc(Cc3c(Cl)ccc(C(=O)N4CCOCC4)c3C)n(C)c2c1. The molecule has 2 heterocycles. The third-order valence-electron chi connectivity index (χ3n) is 6.22. The summed E-state index contributed by atoms with van der Waals surface area (Å²) < 4.78 is 7.50. The van der Waals surface area contributed by atoms with Gasteiger partial charge in [0.1, 0.15) is 0 Å². The molecule has 1 aliphatic rings. The highest BCUT2D eigenvalue weighted by Crippen LogP contribution is 2.31. The summed E-state index contributed by atoms with van der Waals surface area (Å²) in [7, 11) is 2.01. The second kappa shape index (κ2) is 8.96. The summed E-state index contributed by atoms with van der Waals surface area (Å²) >= 11 is 6.61. The van der Waals surface area contributed by atoms with Crippen LogP contribution >= 0.6 is 11.6 Å². The van der Waals surface area contributed by atoms with E-state index in [2.05, 4.69) is 16.0 Å². The number of halogens is 1. The molecule has 0 aliphatic carbocycles. The fourth-order valence-electron chi connectivity index (χ4n) is 4.40. The number of carbonyl (C=O) groups is 2. The van der Waals surface area contributed by atoms with E-state index >= 15 is 0 Å². The second-order valence-electron chi connectivity index (χ2n) is 8.38. The third kappa shape index (κ3) is 4.25. The van der Waals surface area contributed by atoms with Crippen molar-refractivity contribution in [3.63, 3.8) is 0 Å². The lowest BCUT2D eigenvalue weighted by Gasteiger charge is -2.28. The molecule has 2 aromatic carbocycles. The molecule has 1 saturated heterocycles. The standard InChI is InChI=1S/C25H28ClN3O3/c1-15-11-18(27-17(3)30)12-24-21(15)13-19(28(24)4)14-22-16(2)20(5-6-23(22)26)25(31)29-7-9-32-10-8-29/h5-6,11-13H,7-10,14H2,1-4H3,(H,27,30). The number of carbonyl (C=O) groups excluding carboxylic acids is 2. The maximum Gasteiger partial charge on any atom is 0.254 e. The van der Waals surface area contributed by atoms with Crippen LogP contribution in [0, 0.1) is 13.8 Å². The molecule has 1 aliphatic heterocycles. The number of aryl methyl sites for hydroxylation is 2. The zero-order valence-corrected chi connectivity index (χ0v) is 19.7. The van der Waals surface area contributed by atoms with Crippen molar-refractivity contribution >= 4 is 40.0 Å². The summed E-state index contributed by atoms with van der Waals surface area (Å²) in [5.41, 5.74) is 6.55. The maximum atomic E-state index is 13.1. The topological polar surface area (TPSA) is 63.6 Å². The number of anilines is 1. The van der Waals surface area contributed by atoms with Gasteiger partial charge in [-0.3, -0.25) is 9.59 Å². The molecule has 1 N–H and O–H groups in total. The lowest BCUT2D eigenvalue weighted by molar-refractivity contribution is -0.114. The van der Waals surface area contributed by atoms with Crippen molar-refractivity contribution in [2.75, 3.05) is 31.6 Å². The summed E-state index contributed by atoms with van der Waals surface area (Å²) in [6, 6.07) is 9.77. The van der Waals surface area contributed by atoms with Crippen LogP contribution in [-0.2, 0) is 23.0 Å². The molecule has 0 atom stereocenters. The van der Waals surface area contributed by atoms with Crippen LogP contribution in [0.25, 0.3) is 10.9 Å². The van der Waals surface area contributed by atoms with E-state index in [-0.39, 0.29) is 11.8 Å². The van der Waals surface area contributed by atoms with Crippen molar-refractivity contribution in [2.45, 2.75) is 27.2 Å². The van der Waals surface area contributed by atoms with Crippen molar-refractivity contribution in [2.24, 2.45) is 7.05 Å². The number of ether oxygens (including phenoxy) is 1. The predicted molar refractivity (Wildman–Crippen MR) is 128 cm³/mol. The summed E-state index contributed by atoms with van der Waals surface area (Å²) in [6.07, 6.45) is 0.606. The minimum Gasteiger partial charge on any atom is -0.378 e. The van der Waals surface area contributed by atoms with Gasteiger partial charge >= 0.3 is 0 Å². The van der Waals surface area contributed by atoms with Gasteiger partial charge in [0.2, 0.25) is 5.91 Å². The molecule has 0 spiro atoms. The number of aromatic nitrogens is 1. The highest BCUT2D eigenvalue weighted by atomic mass is 35.5. The van der Waals surface area contributed by atoms with Gasteiger partial charge in [-0.1, -0.05) is 11.6 Å². The Morgan fingerprint density at radius 3 is 2.53 bits per heavy atom. The van der Waals surface area contributed by atoms with E-state index < -0.39 is 0 Å². The van der Waals surface area contributed by atoms with Gasteiger partial charge in [0.05, 0.1) is 18.7 Å². The number of morpholine rings is 1. The van der Waals surface area contributed by atoms with Gasteiger partial charge in [0.15, 0.2) is 0 Å². The Hall–Kier alpha value is -2.83. The molecular weight excluding hydrogens is 426 g/mol. The van der Waals surface area contributed by atoms with E-state index in [9.17, 15) is 9.59 Å². The molecule has 0 bridgehead atoms. The Balaban J connectivity index is 1.71. The van der Waals surface area contributed by atoms with Crippen molar-refractivity contribution < 1.29 is 14.3 Å². The van der Waals surface area contributed by atoms with E-state index in [1.807, 2.05) is 50.1 Å². The number of fused-ring (bicyclic) bond motifs is 1. The van der Waals surface area contributed by atoms with Crippen molar-refractivity contribution in [3.05, 3.63) is 63.3 Å². The summed E-state index contributed by atoms with van der Waals surface area (Å²) in [6.45, 7) is 7.87. The van der Waals surface area contributed by atoms with E-state index in [1.165, 1.54) is 6.92 Å². The Labute approximate surface area is 193 Å². The molecule has 32 heavy (non-hydrogen) atoms. The number of hydrogen-bond acceptors (Lipinski definition) is 3. The first-order valence-electron chi connectivity index (χ1n) is 10.8. The summed E-state index contributed by atoms with van der Waals surface area (Å²) in [5, 5.41) is 4.65. The minimum atomic E-state index is -0.0951. The number of nitrogens with one attached hydrogen (secondary N) is 1. The minimum absolute atomic E-state index is 0.0246. The van der Waals surface area contributed by atoms with E-state index in [1.54, 1.807) is 0 Å². The molecule has 4 rings (SSSR count).